The van der Waals surface area contributed by atoms with Gasteiger partial charge in [0, 0.05) is 22.4 Å². The van der Waals surface area contributed by atoms with E-state index in [1.165, 1.54) is 116 Å². The van der Waals surface area contributed by atoms with Gasteiger partial charge in [-0.3, -0.25) is 0 Å². The lowest BCUT2D eigenvalue weighted by Crippen LogP contribution is -2.28. The highest BCUT2D eigenvalue weighted by atomic mass is 15.0. The van der Waals surface area contributed by atoms with Gasteiger partial charge in [0.15, 0.2) is 0 Å². The maximum Gasteiger partial charge on any atom is 0.0720 e. The van der Waals surface area contributed by atoms with Crippen molar-refractivity contribution in [3.63, 3.8) is 0 Å². The van der Waals surface area contributed by atoms with Crippen molar-refractivity contribution in [3.8, 4) is 61.3 Å². The summed E-state index contributed by atoms with van der Waals surface area (Å²) in [5.41, 5.74) is 24.7. The zero-order chi connectivity index (χ0) is 45.5. The van der Waals surface area contributed by atoms with E-state index in [1.54, 1.807) is 0 Å². The number of hydrogen-bond donors (Lipinski definition) is 0. The Hall–Kier alpha value is -8.78. The van der Waals surface area contributed by atoms with Crippen LogP contribution >= 0.6 is 0 Å². The fourth-order valence-electron chi connectivity index (χ4n) is 12.2. The standard InChI is InChI=1S/C68H45N/c1-5-17-45(18-6-1)47-29-31-49(32-30-47)65-57-27-14-13-25-55(57)60-43-50(35-39-58(60)65)51-36-41-63-61(44-51)66-64(69(63)54-37-33-48(34-38-54)46-19-7-2-8-20-46)42-40-59-56-26-15-16-28-62(56)68(67(59)66,52-21-9-3-10-22-52)53-23-11-4-12-24-53/h1-44,65H. The molecule has 0 saturated carbocycles. The maximum absolute atomic E-state index is 2.50. The molecule has 0 radical (unpaired) electrons. The van der Waals surface area contributed by atoms with Crippen LogP contribution < -0.4 is 0 Å². The Morgan fingerprint density at radius 1 is 0.319 bits per heavy atom. The first-order valence-corrected chi connectivity index (χ1v) is 24.1. The molecule has 1 heterocycles. The summed E-state index contributed by atoms with van der Waals surface area (Å²) in [7, 11) is 0. The van der Waals surface area contributed by atoms with Crippen molar-refractivity contribution in [2.45, 2.75) is 11.3 Å². The van der Waals surface area contributed by atoms with E-state index in [0.29, 0.717) is 0 Å². The molecule has 0 aliphatic heterocycles. The Bertz CT molecular complexity index is 3860. The van der Waals surface area contributed by atoms with E-state index < -0.39 is 5.41 Å². The van der Waals surface area contributed by atoms with Crippen LogP contribution in [-0.4, -0.2) is 4.57 Å². The molecule has 1 nitrogen and oxygen atoms in total. The highest BCUT2D eigenvalue weighted by Crippen LogP contribution is 2.59. The summed E-state index contributed by atoms with van der Waals surface area (Å²) in [6, 6.07) is 99.4. The van der Waals surface area contributed by atoms with Gasteiger partial charge in [0.05, 0.1) is 16.4 Å². The summed E-state index contributed by atoms with van der Waals surface area (Å²) >= 11 is 0. The van der Waals surface area contributed by atoms with E-state index in [0.717, 1.165) is 5.69 Å². The van der Waals surface area contributed by atoms with Crippen molar-refractivity contribution in [1.82, 2.24) is 4.57 Å². The lowest BCUT2D eigenvalue weighted by atomic mass is 9.67. The van der Waals surface area contributed by atoms with Crippen molar-refractivity contribution >= 4 is 21.8 Å². The second kappa shape index (κ2) is 15.7. The van der Waals surface area contributed by atoms with Crippen molar-refractivity contribution in [3.05, 3.63) is 306 Å². The van der Waals surface area contributed by atoms with Gasteiger partial charge >= 0.3 is 0 Å². The molecule has 0 saturated heterocycles. The molecule has 1 unspecified atom stereocenters. The van der Waals surface area contributed by atoms with Gasteiger partial charge in [0.2, 0.25) is 0 Å². The molecule has 0 amide bonds. The smallest absolute Gasteiger partial charge is 0.0720 e. The summed E-state index contributed by atoms with van der Waals surface area (Å²) in [4.78, 5) is 0. The average molecular weight is 876 g/mol. The second-order valence-corrected chi connectivity index (χ2v) is 18.7. The summed E-state index contributed by atoms with van der Waals surface area (Å²) in [5, 5.41) is 2.53. The molecular formula is C68H45N. The Morgan fingerprint density at radius 2 is 0.812 bits per heavy atom. The highest BCUT2D eigenvalue weighted by Gasteiger charge is 2.48. The number of rotatable bonds is 7. The third-order valence-corrected chi connectivity index (χ3v) is 15.2. The minimum atomic E-state index is -0.564. The van der Waals surface area contributed by atoms with Crippen molar-refractivity contribution in [2.24, 2.45) is 0 Å². The summed E-state index contributed by atoms with van der Waals surface area (Å²) in [6.45, 7) is 0. The van der Waals surface area contributed by atoms with Crippen molar-refractivity contribution in [1.29, 1.82) is 0 Å². The van der Waals surface area contributed by atoms with Gasteiger partial charge < -0.3 is 4.57 Å². The second-order valence-electron chi connectivity index (χ2n) is 18.7. The third-order valence-electron chi connectivity index (χ3n) is 15.2. The molecule has 1 heteroatoms. The van der Waals surface area contributed by atoms with Crippen molar-refractivity contribution in [2.75, 3.05) is 0 Å². The molecule has 14 rings (SSSR count). The average Bonchev–Trinajstić information content (AvgIpc) is 4.06. The predicted molar refractivity (Wildman–Crippen MR) is 287 cm³/mol. The quantitative estimate of drug-likeness (QED) is 0.150. The molecule has 2 aliphatic rings. The van der Waals surface area contributed by atoms with Crippen LogP contribution in [0.2, 0.25) is 0 Å². The Balaban J connectivity index is 1.00. The number of hydrogen-bond acceptors (Lipinski definition) is 0. The van der Waals surface area contributed by atoms with E-state index in [1.807, 2.05) is 0 Å². The van der Waals surface area contributed by atoms with E-state index in [9.17, 15) is 0 Å². The number of benzene rings is 11. The Kier molecular flexibility index (Phi) is 8.94. The SMILES string of the molecule is c1ccc(-c2ccc(C3c4ccccc4-c4cc(-c5ccc6c(c5)c5c7c(ccc5n6-c5ccc(-c6ccccc6)cc5)-c5ccccc5C7(c5ccccc5)c5ccccc5)ccc43)cc2)cc1. The maximum atomic E-state index is 2.50. The first kappa shape index (κ1) is 39.4. The van der Waals surface area contributed by atoms with E-state index in [-0.39, 0.29) is 5.92 Å². The van der Waals surface area contributed by atoms with E-state index in [4.69, 9.17) is 0 Å². The molecular weight excluding hydrogens is 831 g/mol. The molecule has 11 aromatic carbocycles. The molecule has 0 N–H and O–H groups in total. The molecule has 0 spiro atoms. The lowest BCUT2D eigenvalue weighted by Gasteiger charge is -2.34. The van der Waals surface area contributed by atoms with Gasteiger partial charge in [-0.2, -0.15) is 0 Å². The van der Waals surface area contributed by atoms with Gasteiger partial charge in [-0.1, -0.05) is 231 Å². The van der Waals surface area contributed by atoms with Gasteiger partial charge in [-0.05, 0) is 131 Å². The van der Waals surface area contributed by atoms with Crippen LogP contribution in [0.4, 0.5) is 0 Å². The predicted octanol–water partition coefficient (Wildman–Crippen LogP) is 17.3. The number of fused-ring (bicyclic) bond motifs is 10. The van der Waals surface area contributed by atoms with Crippen LogP contribution in [0, 0.1) is 0 Å². The molecule has 2 aliphatic carbocycles. The highest BCUT2D eigenvalue weighted by molar-refractivity contribution is 6.16. The van der Waals surface area contributed by atoms with Crippen LogP contribution in [-0.2, 0) is 5.41 Å². The monoisotopic (exact) mass is 875 g/mol. The molecule has 0 fully saturated rings. The van der Waals surface area contributed by atoms with Gasteiger partial charge in [-0.25, -0.2) is 0 Å². The molecule has 1 aromatic heterocycles. The summed E-state index contributed by atoms with van der Waals surface area (Å²) in [6.07, 6.45) is 0. The fourth-order valence-corrected chi connectivity index (χ4v) is 12.2. The molecule has 69 heavy (non-hydrogen) atoms. The minimum Gasteiger partial charge on any atom is -0.309 e. The van der Waals surface area contributed by atoms with Gasteiger partial charge in [0.1, 0.15) is 0 Å². The number of nitrogens with zero attached hydrogens (tertiary/aromatic N) is 1. The third kappa shape index (κ3) is 5.97. The van der Waals surface area contributed by atoms with Crippen LogP contribution in [0.25, 0.3) is 83.1 Å². The minimum absolute atomic E-state index is 0.164. The van der Waals surface area contributed by atoms with Crippen LogP contribution in [0.15, 0.2) is 267 Å². The fraction of sp³-hybridized carbons (Fsp3) is 0.0294. The zero-order valence-electron chi connectivity index (χ0n) is 37.9. The van der Waals surface area contributed by atoms with Crippen molar-refractivity contribution < 1.29 is 0 Å². The first-order valence-electron chi connectivity index (χ1n) is 24.1. The van der Waals surface area contributed by atoms with Gasteiger partial charge in [-0.15, -0.1) is 0 Å². The largest absolute Gasteiger partial charge is 0.309 e. The van der Waals surface area contributed by atoms with E-state index >= 15 is 0 Å². The first-order chi connectivity index (χ1) is 34.2. The topological polar surface area (TPSA) is 4.93 Å². The Morgan fingerprint density at radius 3 is 1.48 bits per heavy atom. The summed E-state index contributed by atoms with van der Waals surface area (Å²) in [5.74, 6) is 0.164. The zero-order valence-corrected chi connectivity index (χ0v) is 37.9. The molecule has 1 atom stereocenters. The lowest BCUT2D eigenvalue weighted by molar-refractivity contribution is 0.776. The van der Waals surface area contributed by atoms with E-state index in [2.05, 4.69) is 271 Å². The molecule has 0 bridgehead atoms. The van der Waals surface area contributed by atoms with Crippen LogP contribution in [0.3, 0.4) is 0 Å². The van der Waals surface area contributed by atoms with Crippen LogP contribution in [0.1, 0.15) is 44.9 Å². The van der Waals surface area contributed by atoms with Gasteiger partial charge in [0.25, 0.3) is 0 Å². The Labute approximate surface area is 402 Å². The molecule has 12 aromatic rings. The number of aromatic nitrogens is 1. The molecule has 322 valence electrons. The summed E-state index contributed by atoms with van der Waals surface area (Å²) < 4.78 is 2.50. The normalized spacial score (nSPS) is 14.1. The van der Waals surface area contributed by atoms with Crippen LogP contribution in [0.5, 0.6) is 0 Å².